The minimum Gasteiger partial charge on any atom is -0.388 e. The van der Waals surface area contributed by atoms with Gasteiger partial charge in [-0.15, -0.1) is 0 Å². The van der Waals surface area contributed by atoms with Gasteiger partial charge in [-0.2, -0.15) is 0 Å². The molecule has 3 N–H and O–H groups in total. The number of aliphatic hydroxyl groups excluding tert-OH is 1. The fraction of sp³-hybridized carbons (Fsp3) is 0.300. The van der Waals surface area contributed by atoms with Gasteiger partial charge in [0.2, 0.25) is 0 Å². The number of aliphatic hydroxyl groups is 1. The van der Waals surface area contributed by atoms with Gasteiger partial charge in [0.05, 0.1) is 6.10 Å². The van der Waals surface area contributed by atoms with E-state index in [4.69, 9.17) is 5.21 Å². The Hall–Kier alpha value is -1.39. The summed E-state index contributed by atoms with van der Waals surface area (Å²) < 4.78 is 0. The first-order valence-electron chi connectivity index (χ1n) is 4.48. The predicted molar refractivity (Wildman–Crippen MR) is 49.0 cm³/mol. The fourth-order valence-electron chi connectivity index (χ4n) is 1.91. The molecule has 0 radical (unpaired) electrons. The smallest absolute Gasteiger partial charge is 0.274 e. The summed E-state index contributed by atoms with van der Waals surface area (Å²) >= 11 is 0. The second-order valence-corrected chi connectivity index (χ2v) is 3.37. The lowest BCUT2D eigenvalue weighted by atomic mass is 10.0. The molecular weight excluding hydrogens is 182 g/mol. The van der Waals surface area contributed by atoms with Crippen LogP contribution in [-0.4, -0.2) is 16.2 Å². The fourth-order valence-corrected chi connectivity index (χ4v) is 1.91. The van der Waals surface area contributed by atoms with E-state index >= 15 is 0 Å². The Labute approximate surface area is 81.1 Å². The maximum Gasteiger partial charge on any atom is 0.274 e. The first-order valence-corrected chi connectivity index (χ1v) is 4.48. The van der Waals surface area contributed by atoms with Crippen molar-refractivity contribution in [3.8, 4) is 0 Å². The summed E-state index contributed by atoms with van der Waals surface area (Å²) in [5, 5.41) is 18.1. The van der Waals surface area contributed by atoms with Gasteiger partial charge in [0.1, 0.15) is 0 Å². The summed E-state index contributed by atoms with van der Waals surface area (Å²) in [5.41, 5.74) is 3.69. The number of carbonyl (C=O) groups excluding carboxylic acids is 1. The van der Waals surface area contributed by atoms with E-state index in [1.165, 1.54) is 0 Å². The highest BCUT2D eigenvalue weighted by molar-refractivity contribution is 5.95. The molecule has 0 aliphatic heterocycles. The average molecular weight is 193 g/mol. The minimum atomic E-state index is -0.518. The van der Waals surface area contributed by atoms with Crippen LogP contribution in [0.15, 0.2) is 18.2 Å². The lowest BCUT2D eigenvalue weighted by Gasteiger charge is -2.07. The van der Waals surface area contributed by atoms with E-state index in [1.807, 2.05) is 0 Å². The van der Waals surface area contributed by atoms with Gasteiger partial charge in [-0.05, 0) is 30.0 Å². The van der Waals surface area contributed by atoms with Gasteiger partial charge < -0.3 is 5.11 Å². The van der Waals surface area contributed by atoms with Crippen LogP contribution in [0.5, 0.6) is 0 Å². The van der Waals surface area contributed by atoms with Crippen molar-refractivity contribution in [1.29, 1.82) is 0 Å². The van der Waals surface area contributed by atoms with Crippen LogP contribution in [-0.2, 0) is 6.42 Å². The maximum absolute atomic E-state index is 11.2. The molecule has 74 valence electrons. The van der Waals surface area contributed by atoms with Gasteiger partial charge >= 0.3 is 0 Å². The predicted octanol–water partition coefficient (Wildman–Crippen LogP) is 0.785. The van der Waals surface area contributed by atoms with Crippen LogP contribution in [0.3, 0.4) is 0 Å². The summed E-state index contributed by atoms with van der Waals surface area (Å²) in [4.78, 5) is 11.2. The molecule has 14 heavy (non-hydrogen) atoms. The number of rotatable bonds is 1. The summed E-state index contributed by atoms with van der Waals surface area (Å²) in [5.74, 6) is -0.518. The van der Waals surface area contributed by atoms with E-state index in [0.29, 0.717) is 18.4 Å². The molecule has 4 nitrogen and oxygen atoms in total. The van der Waals surface area contributed by atoms with Gasteiger partial charge in [0.25, 0.3) is 5.91 Å². The standard InChI is InChI=1S/C10H11NO3/c12-9-5-4-6-7(9)2-1-3-8(6)10(13)11-14/h1-3,9,12,14H,4-5H2,(H,11,13). The number of carbonyl (C=O) groups is 1. The van der Waals surface area contributed by atoms with Gasteiger partial charge in [-0.1, -0.05) is 12.1 Å². The van der Waals surface area contributed by atoms with Crippen LogP contribution in [0, 0.1) is 0 Å². The Bertz CT molecular complexity index is 376. The Kier molecular flexibility index (Phi) is 2.23. The summed E-state index contributed by atoms with van der Waals surface area (Å²) in [6, 6.07) is 5.15. The van der Waals surface area contributed by atoms with Crippen molar-refractivity contribution in [2.45, 2.75) is 18.9 Å². The van der Waals surface area contributed by atoms with E-state index in [-0.39, 0.29) is 0 Å². The molecule has 1 atom stereocenters. The van der Waals surface area contributed by atoms with Crippen LogP contribution in [0.25, 0.3) is 0 Å². The van der Waals surface area contributed by atoms with Crippen molar-refractivity contribution in [2.24, 2.45) is 0 Å². The molecule has 0 fully saturated rings. The van der Waals surface area contributed by atoms with Crippen molar-refractivity contribution in [3.63, 3.8) is 0 Å². The number of hydrogen-bond donors (Lipinski definition) is 3. The molecule has 1 aromatic carbocycles. The third-order valence-electron chi connectivity index (χ3n) is 2.59. The second-order valence-electron chi connectivity index (χ2n) is 3.37. The van der Waals surface area contributed by atoms with E-state index in [0.717, 1.165) is 11.1 Å². The molecule has 0 saturated heterocycles. The zero-order valence-corrected chi connectivity index (χ0v) is 7.53. The number of benzene rings is 1. The first kappa shape index (κ1) is 9.18. The van der Waals surface area contributed by atoms with Gasteiger partial charge in [0.15, 0.2) is 0 Å². The molecule has 0 heterocycles. The highest BCUT2D eigenvalue weighted by Gasteiger charge is 2.24. The summed E-state index contributed by atoms with van der Waals surface area (Å²) in [6.45, 7) is 0. The maximum atomic E-state index is 11.2. The Balaban J connectivity index is 2.49. The largest absolute Gasteiger partial charge is 0.388 e. The van der Waals surface area contributed by atoms with E-state index in [2.05, 4.69) is 0 Å². The number of nitrogens with one attached hydrogen (secondary N) is 1. The minimum absolute atomic E-state index is 0.446. The van der Waals surface area contributed by atoms with Crippen molar-refractivity contribution in [1.82, 2.24) is 5.48 Å². The van der Waals surface area contributed by atoms with Crippen LogP contribution < -0.4 is 5.48 Å². The number of amides is 1. The molecule has 1 unspecified atom stereocenters. The third kappa shape index (κ3) is 1.29. The molecule has 0 spiro atoms. The lowest BCUT2D eigenvalue weighted by Crippen LogP contribution is -2.20. The highest BCUT2D eigenvalue weighted by atomic mass is 16.5. The van der Waals surface area contributed by atoms with E-state index in [1.54, 1.807) is 23.7 Å². The Morgan fingerprint density at radius 2 is 2.29 bits per heavy atom. The molecule has 1 aliphatic carbocycles. The van der Waals surface area contributed by atoms with Crippen LogP contribution in [0.1, 0.15) is 34.0 Å². The number of fused-ring (bicyclic) bond motifs is 1. The third-order valence-corrected chi connectivity index (χ3v) is 2.59. The second kappa shape index (κ2) is 3.40. The van der Waals surface area contributed by atoms with Crippen LogP contribution >= 0.6 is 0 Å². The zero-order valence-electron chi connectivity index (χ0n) is 7.53. The van der Waals surface area contributed by atoms with Crippen molar-refractivity contribution in [3.05, 3.63) is 34.9 Å². The quantitative estimate of drug-likeness (QED) is 0.456. The van der Waals surface area contributed by atoms with Gasteiger partial charge in [-0.25, -0.2) is 5.48 Å². The van der Waals surface area contributed by atoms with Gasteiger partial charge in [0, 0.05) is 5.56 Å². The lowest BCUT2D eigenvalue weighted by molar-refractivity contribution is 0.0705. The van der Waals surface area contributed by atoms with Crippen molar-refractivity contribution in [2.75, 3.05) is 0 Å². The van der Waals surface area contributed by atoms with Crippen molar-refractivity contribution < 1.29 is 15.1 Å². The number of hydrogen-bond acceptors (Lipinski definition) is 3. The molecule has 0 saturated carbocycles. The first-order chi connectivity index (χ1) is 6.74. The molecule has 1 aliphatic rings. The Morgan fingerprint density at radius 1 is 1.50 bits per heavy atom. The molecular formula is C10H11NO3. The highest BCUT2D eigenvalue weighted by Crippen LogP contribution is 2.32. The Morgan fingerprint density at radius 3 is 3.00 bits per heavy atom. The van der Waals surface area contributed by atoms with E-state index < -0.39 is 12.0 Å². The molecule has 4 heteroatoms. The van der Waals surface area contributed by atoms with Crippen LogP contribution in [0.2, 0.25) is 0 Å². The number of hydroxylamine groups is 1. The molecule has 1 amide bonds. The van der Waals surface area contributed by atoms with Crippen LogP contribution in [0.4, 0.5) is 0 Å². The molecule has 0 aromatic heterocycles. The van der Waals surface area contributed by atoms with E-state index in [9.17, 15) is 9.90 Å². The monoisotopic (exact) mass is 193 g/mol. The molecule has 0 bridgehead atoms. The van der Waals surface area contributed by atoms with Crippen molar-refractivity contribution >= 4 is 5.91 Å². The topological polar surface area (TPSA) is 69.6 Å². The normalized spacial score (nSPS) is 19.1. The van der Waals surface area contributed by atoms with Gasteiger partial charge in [-0.3, -0.25) is 10.0 Å². The molecule has 2 rings (SSSR count). The molecule has 1 aromatic rings. The summed E-state index contributed by atoms with van der Waals surface area (Å²) in [6.07, 6.45) is 0.849. The average Bonchev–Trinajstić information content (AvgIpc) is 2.59. The zero-order chi connectivity index (χ0) is 10.1. The summed E-state index contributed by atoms with van der Waals surface area (Å²) in [7, 11) is 0. The SMILES string of the molecule is O=C(NO)c1cccc2c1CCC2O.